The van der Waals surface area contributed by atoms with Crippen LogP contribution in [0.5, 0.6) is 23.0 Å². The summed E-state index contributed by atoms with van der Waals surface area (Å²) in [5.41, 5.74) is 0. The molecule has 0 aliphatic carbocycles. The molecule has 5 nitrogen and oxygen atoms in total. The highest BCUT2D eigenvalue weighted by Gasteiger charge is 2.13. The van der Waals surface area contributed by atoms with E-state index in [1.807, 2.05) is 0 Å². The van der Waals surface area contributed by atoms with Gasteiger partial charge in [0.15, 0.2) is 11.5 Å². The molecule has 0 atom stereocenters. The van der Waals surface area contributed by atoms with Gasteiger partial charge in [-0.05, 0) is 0 Å². The van der Waals surface area contributed by atoms with Crippen LogP contribution < -0.4 is 18.9 Å². The molecule has 19 heavy (non-hydrogen) atoms. The standard InChI is InChI=1S/C13H19ClO5/c1-15-11-8-10(19-7-6-18-5-4-14)9-12(16-2)13(11)17-3/h8-9H,4-7H2,1-3H3. The number of halogens is 1. The fraction of sp³-hybridized carbons (Fsp3) is 0.538. The number of methoxy groups -OCH3 is 3. The number of benzene rings is 1. The van der Waals surface area contributed by atoms with Crippen molar-refractivity contribution in [2.45, 2.75) is 0 Å². The van der Waals surface area contributed by atoms with E-state index in [1.165, 1.54) is 0 Å². The van der Waals surface area contributed by atoms with Gasteiger partial charge in [-0.15, -0.1) is 11.6 Å². The summed E-state index contributed by atoms with van der Waals surface area (Å²) in [7, 11) is 4.68. The zero-order valence-electron chi connectivity index (χ0n) is 11.4. The van der Waals surface area contributed by atoms with Crippen molar-refractivity contribution >= 4 is 11.6 Å². The van der Waals surface area contributed by atoms with E-state index in [0.717, 1.165) is 0 Å². The van der Waals surface area contributed by atoms with Gasteiger partial charge in [0.05, 0.1) is 34.5 Å². The van der Waals surface area contributed by atoms with Gasteiger partial charge in [0, 0.05) is 18.0 Å². The van der Waals surface area contributed by atoms with Crippen LogP contribution in [0.1, 0.15) is 0 Å². The normalized spacial score (nSPS) is 10.1. The van der Waals surface area contributed by atoms with E-state index in [9.17, 15) is 0 Å². The predicted octanol–water partition coefficient (Wildman–Crippen LogP) is 2.35. The predicted molar refractivity (Wildman–Crippen MR) is 73.1 cm³/mol. The SMILES string of the molecule is COc1cc(OCCOCCCl)cc(OC)c1OC. The lowest BCUT2D eigenvalue weighted by Crippen LogP contribution is -2.08. The minimum absolute atomic E-state index is 0.426. The molecule has 0 heterocycles. The molecule has 0 aromatic heterocycles. The Hall–Kier alpha value is -1.33. The lowest BCUT2D eigenvalue weighted by molar-refractivity contribution is 0.111. The molecule has 0 amide bonds. The summed E-state index contributed by atoms with van der Waals surface area (Å²) in [5.74, 6) is 2.75. The zero-order valence-corrected chi connectivity index (χ0v) is 12.2. The lowest BCUT2D eigenvalue weighted by atomic mass is 10.2. The summed E-state index contributed by atoms with van der Waals surface area (Å²) >= 11 is 5.50. The first kappa shape index (κ1) is 15.7. The monoisotopic (exact) mass is 290 g/mol. The van der Waals surface area contributed by atoms with Gasteiger partial charge in [-0.2, -0.15) is 0 Å². The molecule has 0 N–H and O–H groups in total. The molecule has 1 aromatic carbocycles. The molecule has 6 heteroatoms. The average Bonchev–Trinajstić information content (AvgIpc) is 2.45. The first-order chi connectivity index (χ1) is 9.26. The summed E-state index contributed by atoms with van der Waals surface area (Å²) in [6.07, 6.45) is 0. The maximum atomic E-state index is 5.55. The fourth-order valence-electron chi connectivity index (χ4n) is 1.52. The van der Waals surface area contributed by atoms with Crippen LogP contribution in [-0.4, -0.2) is 47.0 Å². The smallest absolute Gasteiger partial charge is 0.203 e. The molecule has 0 aliphatic rings. The van der Waals surface area contributed by atoms with E-state index in [2.05, 4.69) is 0 Å². The first-order valence-corrected chi connectivity index (χ1v) is 6.36. The summed E-state index contributed by atoms with van der Waals surface area (Å²) in [5, 5.41) is 0. The molecule has 0 spiro atoms. The van der Waals surface area contributed by atoms with Crippen LogP contribution in [0.3, 0.4) is 0 Å². The van der Waals surface area contributed by atoms with E-state index in [0.29, 0.717) is 48.7 Å². The second kappa shape index (κ2) is 8.72. The van der Waals surface area contributed by atoms with E-state index >= 15 is 0 Å². The van der Waals surface area contributed by atoms with Crippen LogP contribution >= 0.6 is 11.6 Å². The van der Waals surface area contributed by atoms with Gasteiger partial charge >= 0.3 is 0 Å². The molecule has 0 bridgehead atoms. The number of hydrogen-bond donors (Lipinski definition) is 0. The van der Waals surface area contributed by atoms with Crippen molar-refractivity contribution in [3.05, 3.63) is 12.1 Å². The second-order valence-electron chi connectivity index (χ2n) is 3.51. The van der Waals surface area contributed by atoms with E-state index < -0.39 is 0 Å². The Labute approximate surface area is 118 Å². The Bertz CT molecular complexity index is 358. The Morgan fingerprint density at radius 2 is 1.53 bits per heavy atom. The summed E-state index contributed by atoms with van der Waals surface area (Å²) in [6, 6.07) is 3.48. The van der Waals surface area contributed by atoms with Crippen LogP contribution in [0.2, 0.25) is 0 Å². The van der Waals surface area contributed by atoms with Gasteiger partial charge in [0.25, 0.3) is 0 Å². The van der Waals surface area contributed by atoms with Crippen LogP contribution in [0.4, 0.5) is 0 Å². The van der Waals surface area contributed by atoms with Crippen molar-refractivity contribution in [2.75, 3.05) is 47.0 Å². The summed E-state index contributed by atoms with van der Waals surface area (Å²) < 4.78 is 26.5. The summed E-state index contributed by atoms with van der Waals surface area (Å²) in [6.45, 7) is 1.42. The molecule has 1 aromatic rings. The van der Waals surface area contributed by atoms with Crippen LogP contribution in [0.25, 0.3) is 0 Å². The maximum Gasteiger partial charge on any atom is 0.203 e. The Kier molecular flexibility index (Phi) is 7.22. The van der Waals surface area contributed by atoms with Crippen molar-refractivity contribution in [1.82, 2.24) is 0 Å². The number of hydrogen-bond acceptors (Lipinski definition) is 5. The van der Waals surface area contributed by atoms with Crippen molar-refractivity contribution in [3.8, 4) is 23.0 Å². The highest BCUT2D eigenvalue weighted by atomic mass is 35.5. The number of alkyl halides is 1. The number of ether oxygens (including phenoxy) is 5. The molecule has 1 rings (SSSR count). The van der Waals surface area contributed by atoms with Crippen LogP contribution in [0.15, 0.2) is 12.1 Å². The third kappa shape index (κ3) is 4.69. The third-order valence-corrected chi connectivity index (χ3v) is 2.51. The Morgan fingerprint density at radius 1 is 0.895 bits per heavy atom. The van der Waals surface area contributed by atoms with Crippen LogP contribution in [-0.2, 0) is 4.74 Å². The second-order valence-corrected chi connectivity index (χ2v) is 3.89. The van der Waals surface area contributed by atoms with Crippen molar-refractivity contribution < 1.29 is 23.7 Å². The van der Waals surface area contributed by atoms with Gasteiger partial charge in [-0.25, -0.2) is 0 Å². The van der Waals surface area contributed by atoms with Gasteiger partial charge < -0.3 is 23.7 Å². The van der Waals surface area contributed by atoms with Gasteiger partial charge in [-0.3, -0.25) is 0 Å². The van der Waals surface area contributed by atoms with E-state index in [-0.39, 0.29) is 0 Å². The quantitative estimate of drug-likeness (QED) is 0.516. The van der Waals surface area contributed by atoms with Gasteiger partial charge in [0.1, 0.15) is 12.4 Å². The zero-order chi connectivity index (χ0) is 14.1. The summed E-state index contributed by atoms with van der Waals surface area (Å²) in [4.78, 5) is 0. The molecule has 0 aliphatic heterocycles. The van der Waals surface area contributed by atoms with Crippen molar-refractivity contribution in [2.24, 2.45) is 0 Å². The molecule has 0 saturated carbocycles. The van der Waals surface area contributed by atoms with Crippen molar-refractivity contribution in [1.29, 1.82) is 0 Å². The first-order valence-electron chi connectivity index (χ1n) is 5.83. The topological polar surface area (TPSA) is 46.2 Å². The van der Waals surface area contributed by atoms with E-state index in [4.69, 9.17) is 35.3 Å². The van der Waals surface area contributed by atoms with Crippen molar-refractivity contribution in [3.63, 3.8) is 0 Å². The van der Waals surface area contributed by atoms with Gasteiger partial charge in [-0.1, -0.05) is 0 Å². The van der Waals surface area contributed by atoms with E-state index in [1.54, 1.807) is 33.5 Å². The molecule has 0 fully saturated rings. The highest BCUT2D eigenvalue weighted by molar-refractivity contribution is 6.17. The molecule has 0 unspecified atom stereocenters. The minimum atomic E-state index is 0.426. The largest absolute Gasteiger partial charge is 0.493 e. The molecule has 0 radical (unpaired) electrons. The highest BCUT2D eigenvalue weighted by Crippen LogP contribution is 2.40. The Balaban J connectivity index is 2.68. The minimum Gasteiger partial charge on any atom is -0.493 e. The lowest BCUT2D eigenvalue weighted by Gasteiger charge is -2.14. The molecular formula is C13H19ClO5. The molecular weight excluding hydrogens is 272 g/mol. The molecule has 0 saturated heterocycles. The third-order valence-electron chi connectivity index (χ3n) is 2.36. The number of rotatable bonds is 9. The average molecular weight is 291 g/mol. The van der Waals surface area contributed by atoms with Crippen LogP contribution in [0, 0.1) is 0 Å². The maximum absolute atomic E-state index is 5.55. The fourth-order valence-corrected chi connectivity index (χ4v) is 1.62. The Morgan fingerprint density at radius 3 is 2.00 bits per heavy atom. The van der Waals surface area contributed by atoms with Gasteiger partial charge in [0.2, 0.25) is 5.75 Å². The molecule has 108 valence electrons.